The summed E-state index contributed by atoms with van der Waals surface area (Å²) >= 11 is 0. The Bertz CT molecular complexity index is 708. The van der Waals surface area contributed by atoms with Gasteiger partial charge in [0, 0.05) is 37.0 Å². The number of rotatable bonds is 6. The number of ketones is 1. The van der Waals surface area contributed by atoms with Gasteiger partial charge in [-0.05, 0) is 45.9 Å². The molecule has 0 N–H and O–H groups in total. The Kier molecular flexibility index (Phi) is 5.21. The summed E-state index contributed by atoms with van der Waals surface area (Å²) < 4.78 is 7.06. The fourth-order valence-corrected chi connectivity index (χ4v) is 2.81. The van der Waals surface area contributed by atoms with Gasteiger partial charge < -0.3 is 9.14 Å². The fraction of sp³-hybridized carbons (Fsp3) is 0.444. The molecular weight excluding hydrogens is 292 g/mol. The van der Waals surface area contributed by atoms with E-state index in [4.69, 9.17) is 4.74 Å². The Morgan fingerprint density at radius 2 is 1.78 bits per heavy atom. The van der Waals surface area contributed by atoms with Crippen molar-refractivity contribution in [2.24, 2.45) is 0 Å². The highest BCUT2D eigenvalue weighted by molar-refractivity contribution is 6.05. The minimum atomic E-state index is -0.399. The summed E-state index contributed by atoms with van der Waals surface area (Å²) in [5, 5.41) is 0. The summed E-state index contributed by atoms with van der Waals surface area (Å²) in [4.78, 5) is 26.2. The van der Waals surface area contributed by atoms with E-state index in [1.54, 1.807) is 22.6 Å². The van der Waals surface area contributed by atoms with E-state index in [1.165, 1.54) is 6.92 Å². The molecule has 0 aliphatic heterocycles. The third-order valence-corrected chi connectivity index (χ3v) is 3.85. The van der Waals surface area contributed by atoms with Crippen LogP contribution in [0.1, 0.15) is 45.0 Å². The van der Waals surface area contributed by atoms with E-state index in [0.717, 1.165) is 0 Å². The van der Waals surface area contributed by atoms with Crippen molar-refractivity contribution in [2.45, 2.75) is 46.7 Å². The number of ether oxygens (including phenoxy) is 1. The predicted molar refractivity (Wildman–Crippen MR) is 90.0 cm³/mol. The normalized spacial score (nSPS) is 11.7. The molecule has 0 unspecified atom stereocenters. The number of hydrogen-bond acceptors (Lipinski definition) is 4. The predicted octanol–water partition coefficient (Wildman–Crippen LogP) is 3.17. The van der Waals surface area contributed by atoms with Crippen molar-refractivity contribution >= 4 is 17.3 Å². The second-order valence-corrected chi connectivity index (χ2v) is 6.23. The van der Waals surface area contributed by atoms with Crippen molar-refractivity contribution in [3.63, 3.8) is 0 Å². The Hall–Kier alpha value is -2.14. The first kappa shape index (κ1) is 17.2. The van der Waals surface area contributed by atoms with Crippen LogP contribution in [-0.2, 0) is 4.79 Å². The van der Waals surface area contributed by atoms with Gasteiger partial charge in [-0.2, -0.15) is 0 Å². The Morgan fingerprint density at radius 1 is 1.13 bits per heavy atom. The summed E-state index contributed by atoms with van der Waals surface area (Å²) in [6.45, 7) is 10.0. The number of pyridine rings is 1. The molecule has 0 aromatic carbocycles. The minimum absolute atomic E-state index is 0.0227. The molecule has 2 heterocycles. The Labute approximate surface area is 136 Å². The number of esters is 1. The molecule has 0 aliphatic rings. The van der Waals surface area contributed by atoms with Gasteiger partial charge in [-0.1, -0.05) is 0 Å². The van der Waals surface area contributed by atoms with Crippen molar-refractivity contribution in [1.29, 1.82) is 0 Å². The standard InChI is InChI=1S/C18H24N2O3/c1-12(2)20(13(3)4)11-16(22)15-8-10-19-9-6-7-17(18(15)19)23-14(5)21/h6-10,12-13H,11H2,1-5H3. The molecule has 2 aromatic heterocycles. The number of carbonyl (C=O) groups is 2. The van der Waals surface area contributed by atoms with Crippen LogP contribution in [0.4, 0.5) is 0 Å². The maximum absolute atomic E-state index is 12.8. The topological polar surface area (TPSA) is 51.0 Å². The molecule has 0 radical (unpaired) electrons. The fourth-order valence-electron chi connectivity index (χ4n) is 2.81. The number of aromatic nitrogens is 1. The number of carbonyl (C=O) groups excluding carboxylic acids is 2. The molecule has 0 bridgehead atoms. The maximum atomic E-state index is 12.8. The largest absolute Gasteiger partial charge is 0.424 e. The van der Waals surface area contributed by atoms with E-state index in [2.05, 4.69) is 32.6 Å². The Morgan fingerprint density at radius 3 is 2.35 bits per heavy atom. The minimum Gasteiger partial charge on any atom is -0.424 e. The van der Waals surface area contributed by atoms with Crippen LogP contribution in [0, 0.1) is 0 Å². The quantitative estimate of drug-likeness (QED) is 0.607. The van der Waals surface area contributed by atoms with Gasteiger partial charge in [0.25, 0.3) is 0 Å². The van der Waals surface area contributed by atoms with Gasteiger partial charge in [0.2, 0.25) is 0 Å². The number of fused-ring (bicyclic) bond motifs is 1. The summed E-state index contributed by atoms with van der Waals surface area (Å²) in [7, 11) is 0. The number of Topliss-reactive ketones (excluding diaryl/α,β-unsaturated/α-hetero) is 1. The van der Waals surface area contributed by atoms with Crippen LogP contribution in [0.2, 0.25) is 0 Å². The molecule has 0 spiro atoms. The van der Waals surface area contributed by atoms with Gasteiger partial charge in [0.1, 0.15) is 0 Å². The summed E-state index contributed by atoms with van der Waals surface area (Å²) in [5.74, 6) is 0.0344. The highest BCUT2D eigenvalue weighted by atomic mass is 16.5. The smallest absolute Gasteiger partial charge is 0.308 e. The SMILES string of the molecule is CC(=O)Oc1cccn2ccc(C(=O)CN(C(C)C)C(C)C)c12. The van der Waals surface area contributed by atoms with Gasteiger partial charge in [-0.15, -0.1) is 0 Å². The third kappa shape index (κ3) is 3.79. The van der Waals surface area contributed by atoms with Gasteiger partial charge in [-0.25, -0.2) is 0 Å². The van der Waals surface area contributed by atoms with Crippen molar-refractivity contribution in [2.75, 3.05) is 6.54 Å². The van der Waals surface area contributed by atoms with Gasteiger partial charge in [0.15, 0.2) is 11.5 Å². The second-order valence-electron chi connectivity index (χ2n) is 6.23. The summed E-state index contributed by atoms with van der Waals surface area (Å²) in [6.07, 6.45) is 3.65. The molecule has 2 rings (SSSR count). The van der Waals surface area contributed by atoms with E-state index < -0.39 is 5.97 Å². The van der Waals surface area contributed by atoms with Crippen LogP contribution in [-0.4, -0.2) is 39.7 Å². The van der Waals surface area contributed by atoms with Crippen LogP contribution in [0.5, 0.6) is 5.75 Å². The van der Waals surface area contributed by atoms with Crippen LogP contribution in [0.25, 0.3) is 5.52 Å². The highest BCUT2D eigenvalue weighted by Crippen LogP contribution is 2.25. The van der Waals surface area contributed by atoms with E-state index in [0.29, 0.717) is 23.4 Å². The van der Waals surface area contributed by atoms with E-state index in [9.17, 15) is 9.59 Å². The van der Waals surface area contributed by atoms with Gasteiger partial charge >= 0.3 is 5.97 Å². The van der Waals surface area contributed by atoms with Gasteiger partial charge in [0.05, 0.1) is 12.1 Å². The third-order valence-electron chi connectivity index (χ3n) is 3.85. The van der Waals surface area contributed by atoms with E-state index >= 15 is 0 Å². The van der Waals surface area contributed by atoms with Crippen LogP contribution in [0.3, 0.4) is 0 Å². The average Bonchev–Trinajstić information content (AvgIpc) is 2.88. The zero-order chi connectivity index (χ0) is 17.1. The molecule has 124 valence electrons. The van der Waals surface area contributed by atoms with Crippen LogP contribution in [0.15, 0.2) is 30.6 Å². The Balaban J connectivity index is 2.39. The number of nitrogens with zero attached hydrogens (tertiary/aromatic N) is 2. The molecule has 0 aliphatic carbocycles. The van der Waals surface area contributed by atoms with E-state index in [-0.39, 0.29) is 17.9 Å². The molecule has 23 heavy (non-hydrogen) atoms. The molecule has 0 fully saturated rings. The first-order valence-electron chi connectivity index (χ1n) is 7.88. The first-order valence-corrected chi connectivity index (χ1v) is 7.88. The zero-order valence-electron chi connectivity index (χ0n) is 14.4. The maximum Gasteiger partial charge on any atom is 0.308 e. The first-order chi connectivity index (χ1) is 10.8. The van der Waals surface area contributed by atoms with Crippen molar-refractivity contribution in [3.8, 4) is 5.75 Å². The number of hydrogen-bond donors (Lipinski definition) is 0. The lowest BCUT2D eigenvalue weighted by Crippen LogP contribution is -2.40. The molecule has 2 aromatic rings. The van der Waals surface area contributed by atoms with Crippen molar-refractivity contribution < 1.29 is 14.3 Å². The van der Waals surface area contributed by atoms with Crippen molar-refractivity contribution in [3.05, 3.63) is 36.2 Å². The highest BCUT2D eigenvalue weighted by Gasteiger charge is 2.21. The second kappa shape index (κ2) is 6.96. The monoisotopic (exact) mass is 316 g/mol. The molecule has 0 saturated carbocycles. The summed E-state index contributed by atoms with van der Waals surface area (Å²) in [5.41, 5.74) is 1.22. The van der Waals surface area contributed by atoms with Crippen LogP contribution < -0.4 is 4.74 Å². The zero-order valence-corrected chi connectivity index (χ0v) is 14.4. The average molecular weight is 316 g/mol. The molecule has 0 atom stereocenters. The van der Waals surface area contributed by atoms with Crippen LogP contribution >= 0.6 is 0 Å². The lowest BCUT2D eigenvalue weighted by molar-refractivity contribution is -0.131. The van der Waals surface area contributed by atoms with Gasteiger partial charge in [-0.3, -0.25) is 14.5 Å². The molecule has 5 heteroatoms. The van der Waals surface area contributed by atoms with Crippen molar-refractivity contribution in [1.82, 2.24) is 9.30 Å². The molecule has 0 saturated heterocycles. The summed E-state index contributed by atoms with van der Waals surface area (Å²) in [6, 6.07) is 5.83. The molecule has 5 nitrogen and oxygen atoms in total. The lowest BCUT2D eigenvalue weighted by Gasteiger charge is -2.29. The van der Waals surface area contributed by atoms with E-state index in [1.807, 2.05) is 12.4 Å². The molecule has 0 amide bonds. The molecular formula is C18H24N2O3. The lowest BCUT2D eigenvalue weighted by atomic mass is 10.1.